The van der Waals surface area contributed by atoms with Crippen LogP contribution in [0.3, 0.4) is 0 Å². The minimum Gasteiger partial charge on any atom is -0.480 e. The van der Waals surface area contributed by atoms with Gasteiger partial charge in [-0.05, 0) is 33.6 Å². The molecule has 24 heavy (non-hydrogen) atoms. The molecule has 2 amide bonds. The molecule has 0 spiro atoms. The van der Waals surface area contributed by atoms with Crippen molar-refractivity contribution < 1.29 is 24.2 Å². The molecule has 1 atom stereocenters. The predicted molar refractivity (Wildman–Crippen MR) is 91.0 cm³/mol. The first-order chi connectivity index (χ1) is 10.5. The number of carbonyl (C=O) groups is 3. The number of halogens is 1. The Bertz CT molecular complexity index is 460. The fourth-order valence-electron chi connectivity index (χ4n) is 1.51. The maximum absolute atomic E-state index is 11.9. The number of amides is 2. The van der Waals surface area contributed by atoms with Crippen LogP contribution in [-0.2, 0) is 14.3 Å². The average Bonchev–Trinajstić information content (AvgIpc) is 2.37. The highest BCUT2D eigenvalue weighted by atomic mass is 35.5. The zero-order valence-electron chi connectivity index (χ0n) is 14.0. The van der Waals surface area contributed by atoms with E-state index in [1.54, 1.807) is 20.8 Å². The number of carboxylic acid groups (broad SMARTS) is 1. The van der Waals surface area contributed by atoms with Gasteiger partial charge >= 0.3 is 12.1 Å². The molecule has 0 heterocycles. The van der Waals surface area contributed by atoms with Gasteiger partial charge in [0, 0.05) is 6.54 Å². The molecular formula is C13H26ClN5O5. The van der Waals surface area contributed by atoms with E-state index in [-0.39, 0.29) is 31.3 Å². The van der Waals surface area contributed by atoms with Crippen LogP contribution in [0, 0.1) is 0 Å². The lowest BCUT2D eigenvalue weighted by atomic mass is 10.1. The zero-order chi connectivity index (χ0) is 18.0. The molecule has 10 nitrogen and oxygen atoms in total. The molecule has 140 valence electrons. The largest absolute Gasteiger partial charge is 0.480 e. The second kappa shape index (κ2) is 11.3. The first-order valence-corrected chi connectivity index (χ1v) is 7.05. The molecule has 0 aromatic heterocycles. The Kier molecular flexibility index (Phi) is 11.3. The van der Waals surface area contributed by atoms with Crippen molar-refractivity contribution >= 4 is 36.3 Å². The lowest BCUT2D eigenvalue weighted by molar-refractivity contribution is -0.138. The fraction of sp³-hybridized carbons (Fsp3) is 0.692. The normalized spacial score (nSPS) is 11.5. The van der Waals surface area contributed by atoms with Crippen LogP contribution in [-0.4, -0.2) is 53.8 Å². The van der Waals surface area contributed by atoms with E-state index in [1.165, 1.54) is 0 Å². The second-order valence-electron chi connectivity index (χ2n) is 5.76. The molecule has 0 fully saturated rings. The van der Waals surface area contributed by atoms with E-state index < -0.39 is 36.2 Å². The van der Waals surface area contributed by atoms with Gasteiger partial charge < -0.3 is 31.9 Å². The summed E-state index contributed by atoms with van der Waals surface area (Å²) in [6.07, 6.45) is -0.129. The highest BCUT2D eigenvalue weighted by molar-refractivity contribution is 5.88. The van der Waals surface area contributed by atoms with Crippen LogP contribution in [0.25, 0.3) is 0 Å². The third-order valence-corrected chi connectivity index (χ3v) is 2.37. The molecule has 0 aliphatic carbocycles. The summed E-state index contributed by atoms with van der Waals surface area (Å²) in [5, 5.41) is 13.2. The summed E-state index contributed by atoms with van der Waals surface area (Å²) in [5.74, 6) is -1.88. The summed E-state index contributed by atoms with van der Waals surface area (Å²) in [6.45, 7) is 4.79. The Morgan fingerprint density at radius 2 is 1.83 bits per heavy atom. The SMILES string of the molecule is CC(C)(C)OC(=O)N[C@@H](CCCN=C(N)N)C(=O)NCC(=O)O.Cl. The number of hydrogen-bond acceptors (Lipinski definition) is 5. The highest BCUT2D eigenvalue weighted by Gasteiger charge is 2.24. The smallest absolute Gasteiger partial charge is 0.408 e. The molecule has 0 unspecified atom stereocenters. The number of carboxylic acids is 1. The quantitative estimate of drug-likeness (QED) is 0.220. The second-order valence-corrected chi connectivity index (χ2v) is 5.76. The first-order valence-electron chi connectivity index (χ1n) is 7.05. The molecular weight excluding hydrogens is 342 g/mol. The van der Waals surface area contributed by atoms with Gasteiger partial charge in [0.05, 0.1) is 0 Å². The number of hydrogen-bond donors (Lipinski definition) is 5. The zero-order valence-corrected chi connectivity index (χ0v) is 14.8. The van der Waals surface area contributed by atoms with Gasteiger partial charge in [0.25, 0.3) is 0 Å². The number of nitrogens with one attached hydrogen (secondary N) is 2. The Morgan fingerprint density at radius 3 is 2.29 bits per heavy atom. The number of aliphatic imine (C=N–C) groups is 1. The number of nitrogens with zero attached hydrogens (tertiary/aromatic N) is 1. The number of carbonyl (C=O) groups excluding carboxylic acids is 2. The maximum Gasteiger partial charge on any atom is 0.408 e. The van der Waals surface area contributed by atoms with Gasteiger partial charge in [-0.2, -0.15) is 0 Å². The fourth-order valence-corrected chi connectivity index (χ4v) is 1.51. The number of nitrogens with two attached hydrogens (primary N) is 2. The van der Waals surface area contributed by atoms with Gasteiger partial charge in [-0.3, -0.25) is 14.6 Å². The van der Waals surface area contributed by atoms with Crippen molar-refractivity contribution in [3.63, 3.8) is 0 Å². The lowest BCUT2D eigenvalue weighted by Gasteiger charge is -2.23. The third-order valence-electron chi connectivity index (χ3n) is 2.37. The van der Waals surface area contributed by atoms with E-state index in [4.69, 9.17) is 21.3 Å². The van der Waals surface area contributed by atoms with E-state index in [0.29, 0.717) is 6.42 Å². The van der Waals surface area contributed by atoms with Gasteiger partial charge in [-0.15, -0.1) is 12.4 Å². The molecule has 0 aliphatic rings. The Labute approximate surface area is 146 Å². The Balaban J connectivity index is 0. The summed E-state index contributed by atoms with van der Waals surface area (Å²) in [6, 6.07) is -0.946. The van der Waals surface area contributed by atoms with Crippen LogP contribution < -0.4 is 22.1 Å². The number of guanidine groups is 1. The van der Waals surface area contributed by atoms with Gasteiger partial charge in [-0.25, -0.2) is 4.79 Å². The van der Waals surface area contributed by atoms with E-state index in [1.807, 2.05) is 0 Å². The van der Waals surface area contributed by atoms with Crippen molar-refractivity contribution in [2.45, 2.75) is 45.3 Å². The van der Waals surface area contributed by atoms with Gasteiger partial charge in [0.1, 0.15) is 18.2 Å². The average molecular weight is 368 g/mol. The van der Waals surface area contributed by atoms with Crippen molar-refractivity contribution in [1.82, 2.24) is 10.6 Å². The van der Waals surface area contributed by atoms with Crippen molar-refractivity contribution in [2.75, 3.05) is 13.1 Å². The molecule has 0 radical (unpaired) electrons. The molecule has 11 heteroatoms. The van der Waals surface area contributed by atoms with Gasteiger partial charge in [-0.1, -0.05) is 0 Å². The minimum atomic E-state index is -1.19. The molecule has 7 N–H and O–H groups in total. The number of alkyl carbamates (subject to hydrolysis) is 1. The molecule has 0 aliphatic heterocycles. The standard InChI is InChI=1S/C13H25N5O5.ClH/c1-13(2,3)23-12(22)18-8(5-4-6-16-11(14)15)10(21)17-7-9(19)20;/h8H,4-7H2,1-3H3,(H,17,21)(H,18,22)(H,19,20)(H4,14,15,16);1H/t8-;/m0./s1. The van der Waals surface area contributed by atoms with Crippen LogP contribution in [0.1, 0.15) is 33.6 Å². The van der Waals surface area contributed by atoms with Crippen molar-refractivity contribution in [2.24, 2.45) is 16.5 Å². The molecule has 0 saturated heterocycles. The van der Waals surface area contributed by atoms with E-state index in [2.05, 4.69) is 15.6 Å². The summed E-state index contributed by atoms with van der Waals surface area (Å²) in [7, 11) is 0. The van der Waals surface area contributed by atoms with E-state index in [0.717, 1.165) is 0 Å². The van der Waals surface area contributed by atoms with Crippen molar-refractivity contribution in [3.05, 3.63) is 0 Å². The Morgan fingerprint density at radius 1 is 1.25 bits per heavy atom. The van der Waals surface area contributed by atoms with Crippen molar-refractivity contribution in [1.29, 1.82) is 0 Å². The predicted octanol–water partition coefficient (Wildman–Crippen LogP) is -0.444. The van der Waals surface area contributed by atoms with Crippen LogP contribution in [0.5, 0.6) is 0 Å². The van der Waals surface area contributed by atoms with E-state index in [9.17, 15) is 14.4 Å². The van der Waals surface area contributed by atoms with Crippen LogP contribution in [0.15, 0.2) is 4.99 Å². The first kappa shape index (κ1) is 24.0. The lowest BCUT2D eigenvalue weighted by Crippen LogP contribution is -2.49. The third kappa shape index (κ3) is 13.4. The maximum atomic E-state index is 11.9. The van der Waals surface area contributed by atoms with Crippen LogP contribution in [0.2, 0.25) is 0 Å². The van der Waals surface area contributed by atoms with Crippen LogP contribution >= 0.6 is 12.4 Å². The van der Waals surface area contributed by atoms with E-state index >= 15 is 0 Å². The molecule has 0 aromatic carbocycles. The van der Waals surface area contributed by atoms with Gasteiger partial charge in [0.2, 0.25) is 5.91 Å². The van der Waals surface area contributed by atoms with Gasteiger partial charge in [0.15, 0.2) is 5.96 Å². The summed E-state index contributed by atoms with van der Waals surface area (Å²) >= 11 is 0. The monoisotopic (exact) mass is 367 g/mol. The molecule has 0 saturated carbocycles. The van der Waals surface area contributed by atoms with Crippen molar-refractivity contribution in [3.8, 4) is 0 Å². The number of rotatable bonds is 8. The summed E-state index contributed by atoms with van der Waals surface area (Å²) in [5.41, 5.74) is 9.67. The number of aliphatic carboxylic acids is 1. The molecule has 0 bridgehead atoms. The Hall–Kier alpha value is -2.23. The highest BCUT2D eigenvalue weighted by Crippen LogP contribution is 2.08. The summed E-state index contributed by atoms with van der Waals surface area (Å²) in [4.78, 5) is 38.0. The van der Waals surface area contributed by atoms with Crippen LogP contribution in [0.4, 0.5) is 4.79 Å². The minimum absolute atomic E-state index is 0. The molecule has 0 rings (SSSR count). The number of ether oxygens (including phenoxy) is 1. The topological polar surface area (TPSA) is 169 Å². The summed E-state index contributed by atoms with van der Waals surface area (Å²) < 4.78 is 5.07. The molecule has 0 aromatic rings.